The van der Waals surface area contributed by atoms with Crippen LogP contribution in [0, 0.1) is 0 Å². The predicted molar refractivity (Wildman–Crippen MR) is 138 cm³/mol. The van der Waals surface area contributed by atoms with Gasteiger partial charge in [-0.15, -0.1) is 11.3 Å². The van der Waals surface area contributed by atoms with E-state index in [-0.39, 0.29) is 17.5 Å². The van der Waals surface area contributed by atoms with E-state index in [2.05, 4.69) is 27.4 Å². The number of carbonyl (C=O) groups is 2. The number of hydrogen-bond acceptors (Lipinski definition) is 7. The van der Waals surface area contributed by atoms with Gasteiger partial charge in [0.2, 0.25) is 5.91 Å². The van der Waals surface area contributed by atoms with Crippen LogP contribution in [0.2, 0.25) is 0 Å². The molecule has 2 aromatic carbocycles. The number of benzene rings is 2. The summed E-state index contributed by atoms with van der Waals surface area (Å²) in [6.45, 7) is 6.13. The Hall–Kier alpha value is -3.43. The first-order valence-electron chi connectivity index (χ1n) is 11.8. The van der Waals surface area contributed by atoms with Crippen LogP contribution < -0.4 is 15.4 Å². The molecule has 1 atom stereocenters. The molecule has 2 N–H and O–H groups in total. The summed E-state index contributed by atoms with van der Waals surface area (Å²) < 4.78 is 5.25. The normalized spacial score (nSPS) is 14.9. The molecule has 1 aromatic heterocycles. The zero-order chi connectivity index (χ0) is 24.6. The fourth-order valence-electron chi connectivity index (χ4n) is 4.05. The van der Waals surface area contributed by atoms with Crippen LogP contribution in [0.5, 0.6) is 5.75 Å². The minimum Gasteiger partial charge on any atom is -0.497 e. The van der Waals surface area contributed by atoms with Crippen molar-refractivity contribution in [2.24, 2.45) is 0 Å². The van der Waals surface area contributed by atoms with Gasteiger partial charge >= 0.3 is 0 Å². The van der Waals surface area contributed by atoms with Gasteiger partial charge in [-0.05, 0) is 24.2 Å². The molecule has 35 heavy (non-hydrogen) atoms. The number of carbonyl (C=O) groups excluding carboxylic acids is 2. The first-order chi connectivity index (χ1) is 17.1. The van der Waals surface area contributed by atoms with E-state index in [1.807, 2.05) is 59.5 Å². The number of nitrogens with zero attached hydrogens (tertiary/aromatic N) is 3. The van der Waals surface area contributed by atoms with Crippen LogP contribution in [0.4, 0.5) is 10.8 Å². The van der Waals surface area contributed by atoms with Crippen LogP contribution >= 0.6 is 11.3 Å². The van der Waals surface area contributed by atoms with E-state index in [1.165, 1.54) is 11.3 Å². The third-order valence-electron chi connectivity index (χ3n) is 6.08. The van der Waals surface area contributed by atoms with Gasteiger partial charge in [0, 0.05) is 49.7 Å². The Morgan fingerprint density at radius 2 is 1.86 bits per heavy atom. The molecule has 1 fully saturated rings. The highest BCUT2D eigenvalue weighted by Crippen LogP contribution is 2.24. The Kier molecular flexibility index (Phi) is 8.33. The number of amides is 2. The van der Waals surface area contributed by atoms with Crippen molar-refractivity contribution < 1.29 is 14.3 Å². The number of likely N-dealkylation sites (N-methyl/N-ethyl adjacent to an activating group) is 1. The molecule has 1 unspecified atom stereocenters. The lowest BCUT2D eigenvalue weighted by Crippen LogP contribution is -2.55. The Morgan fingerprint density at radius 1 is 1.09 bits per heavy atom. The van der Waals surface area contributed by atoms with Gasteiger partial charge in [0.15, 0.2) is 5.13 Å². The second-order valence-electron chi connectivity index (χ2n) is 8.37. The third kappa shape index (κ3) is 6.58. The number of nitrogens with one attached hydrogen (secondary N) is 2. The molecule has 0 aliphatic carbocycles. The van der Waals surface area contributed by atoms with Gasteiger partial charge in [0.05, 0.1) is 7.11 Å². The third-order valence-corrected chi connectivity index (χ3v) is 6.83. The quantitative estimate of drug-likeness (QED) is 0.475. The maximum absolute atomic E-state index is 13.4. The lowest BCUT2D eigenvalue weighted by Gasteiger charge is -2.36. The van der Waals surface area contributed by atoms with Gasteiger partial charge in [-0.2, -0.15) is 0 Å². The summed E-state index contributed by atoms with van der Waals surface area (Å²) in [5, 5.41) is 8.44. The first kappa shape index (κ1) is 24.7. The Bertz CT molecular complexity index is 1130. The van der Waals surface area contributed by atoms with E-state index >= 15 is 0 Å². The summed E-state index contributed by atoms with van der Waals surface area (Å²) in [5.74, 6) is 0.316. The molecule has 1 aliphatic rings. The molecule has 4 rings (SSSR count). The van der Waals surface area contributed by atoms with Crippen molar-refractivity contribution in [3.63, 3.8) is 0 Å². The minimum absolute atomic E-state index is 0.0529. The van der Waals surface area contributed by atoms with Crippen molar-refractivity contribution in [2.75, 3.05) is 45.2 Å². The number of methoxy groups -OCH3 is 1. The van der Waals surface area contributed by atoms with Gasteiger partial charge in [-0.3, -0.25) is 9.59 Å². The molecule has 0 radical (unpaired) electrons. The number of hydrogen-bond donors (Lipinski definition) is 2. The van der Waals surface area contributed by atoms with Crippen LogP contribution in [-0.2, 0) is 11.2 Å². The van der Waals surface area contributed by atoms with Crippen molar-refractivity contribution in [2.45, 2.75) is 19.4 Å². The standard InChI is InChI=1S/C26H31N5O3S/c1-3-30-12-14-31(15-13-30)25(33)22(16-19-8-5-4-6-9-19)28-24(32)23-18-35-26(29-23)27-20-10-7-11-21(17-20)34-2/h4-11,17-18,22H,3,12-16H2,1-2H3,(H,27,29)(H,28,32). The second kappa shape index (κ2) is 11.8. The number of rotatable bonds is 9. The van der Waals surface area contributed by atoms with Gasteiger partial charge in [0.25, 0.3) is 5.91 Å². The molecule has 2 heterocycles. The summed E-state index contributed by atoms with van der Waals surface area (Å²) in [6, 6.07) is 16.6. The lowest BCUT2D eigenvalue weighted by atomic mass is 10.0. The molecule has 184 valence electrons. The minimum atomic E-state index is -0.658. The predicted octanol–water partition coefficient (Wildman–Crippen LogP) is 3.40. The first-order valence-corrected chi connectivity index (χ1v) is 12.7. The van der Waals surface area contributed by atoms with Gasteiger partial charge in [-0.1, -0.05) is 43.3 Å². The number of piperazine rings is 1. The zero-order valence-electron chi connectivity index (χ0n) is 20.1. The van der Waals surface area contributed by atoms with Gasteiger partial charge < -0.3 is 25.2 Å². The average molecular weight is 494 g/mol. The van der Waals surface area contributed by atoms with Crippen molar-refractivity contribution in [1.29, 1.82) is 0 Å². The van der Waals surface area contributed by atoms with Gasteiger partial charge in [0.1, 0.15) is 17.5 Å². The molecular formula is C26H31N5O3S. The summed E-state index contributed by atoms with van der Waals surface area (Å²) in [5.41, 5.74) is 2.09. The fourth-order valence-corrected chi connectivity index (χ4v) is 4.76. The van der Waals surface area contributed by atoms with Crippen molar-refractivity contribution in [3.8, 4) is 5.75 Å². The van der Waals surface area contributed by atoms with E-state index in [9.17, 15) is 9.59 Å². The van der Waals surface area contributed by atoms with Gasteiger partial charge in [-0.25, -0.2) is 4.98 Å². The monoisotopic (exact) mass is 493 g/mol. The molecule has 0 spiro atoms. The van der Waals surface area contributed by atoms with Crippen molar-refractivity contribution in [1.82, 2.24) is 20.1 Å². The fraction of sp³-hybridized carbons (Fsp3) is 0.346. The van der Waals surface area contributed by atoms with E-state index in [1.54, 1.807) is 12.5 Å². The molecule has 0 bridgehead atoms. The zero-order valence-corrected chi connectivity index (χ0v) is 20.9. The molecule has 1 aliphatic heterocycles. The summed E-state index contributed by atoms with van der Waals surface area (Å²) in [6.07, 6.45) is 0.429. The number of thiazole rings is 1. The molecule has 8 nitrogen and oxygen atoms in total. The summed E-state index contributed by atoms with van der Waals surface area (Å²) in [7, 11) is 1.61. The average Bonchev–Trinajstić information content (AvgIpc) is 3.37. The van der Waals surface area contributed by atoms with Crippen LogP contribution in [0.1, 0.15) is 23.0 Å². The van der Waals surface area contributed by atoms with E-state index in [0.717, 1.165) is 36.6 Å². The Labute approximate surface area is 209 Å². The summed E-state index contributed by atoms with van der Waals surface area (Å²) in [4.78, 5) is 35.1. The Morgan fingerprint density at radius 3 is 2.57 bits per heavy atom. The summed E-state index contributed by atoms with van der Waals surface area (Å²) >= 11 is 1.33. The molecule has 2 amide bonds. The lowest BCUT2D eigenvalue weighted by molar-refractivity contribution is -0.135. The molecule has 0 saturated carbocycles. The van der Waals surface area contributed by atoms with Crippen molar-refractivity contribution >= 4 is 34.0 Å². The highest BCUT2D eigenvalue weighted by molar-refractivity contribution is 7.14. The topological polar surface area (TPSA) is 86.8 Å². The van der Waals surface area contributed by atoms with E-state index in [4.69, 9.17) is 4.74 Å². The second-order valence-corrected chi connectivity index (χ2v) is 9.23. The Balaban J connectivity index is 1.45. The highest BCUT2D eigenvalue weighted by atomic mass is 32.1. The molecule has 1 saturated heterocycles. The number of anilines is 2. The largest absolute Gasteiger partial charge is 0.497 e. The molecule has 3 aromatic rings. The molecule has 9 heteroatoms. The SMILES string of the molecule is CCN1CCN(C(=O)C(Cc2ccccc2)NC(=O)c2csc(Nc3cccc(OC)c3)n2)CC1. The van der Waals surface area contributed by atoms with Crippen molar-refractivity contribution in [3.05, 3.63) is 71.2 Å². The number of ether oxygens (including phenoxy) is 1. The highest BCUT2D eigenvalue weighted by Gasteiger charge is 2.29. The number of aromatic nitrogens is 1. The van der Waals surface area contributed by atoms with Crippen LogP contribution in [0.3, 0.4) is 0 Å². The molecular weight excluding hydrogens is 462 g/mol. The maximum atomic E-state index is 13.4. The smallest absolute Gasteiger partial charge is 0.271 e. The van der Waals surface area contributed by atoms with Crippen LogP contribution in [-0.4, -0.2) is 72.5 Å². The van der Waals surface area contributed by atoms with Crippen LogP contribution in [0.15, 0.2) is 60.0 Å². The maximum Gasteiger partial charge on any atom is 0.271 e. The van der Waals surface area contributed by atoms with E-state index < -0.39 is 6.04 Å². The van der Waals surface area contributed by atoms with E-state index in [0.29, 0.717) is 24.6 Å². The van der Waals surface area contributed by atoms with Crippen LogP contribution in [0.25, 0.3) is 0 Å².